The van der Waals surface area contributed by atoms with Gasteiger partial charge in [-0.25, -0.2) is 0 Å². The molecule has 0 N–H and O–H groups in total. The van der Waals surface area contributed by atoms with Gasteiger partial charge in [0.2, 0.25) is 0 Å². The summed E-state index contributed by atoms with van der Waals surface area (Å²) in [6.45, 7) is 1.74. The summed E-state index contributed by atoms with van der Waals surface area (Å²) >= 11 is 0. The van der Waals surface area contributed by atoms with Gasteiger partial charge in [0.05, 0.1) is 13.2 Å². The number of ether oxygens (including phenoxy) is 2. The number of hydrogen-bond acceptors (Lipinski definition) is 4. The van der Waals surface area contributed by atoms with E-state index in [9.17, 15) is 9.59 Å². The number of carbonyl (C=O) groups excluding carboxylic acids is 2. The van der Waals surface area contributed by atoms with Crippen LogP contribution >= 0.6 is 0 Å². The fourth-order valence-electron chi connectivity index (χ4n) is 3.53. The summed E-state index contributed by atoms with van der Waals surface area (Å²) in [5, 5.41) is 0. The maximum absolute atomic E-state index is 12.5. The molecular weight excluding hydrogens is 232 g/mol. The van der Waals surface area contributed by atoms with Crippen LogP contribution in [0.1, 0.15) is 39.0 Å². The molecule has 3 unspecified atom stereocenters. The van der Waals surface area contributed by atoms with Crippen molar-refractivity contribution in [1.29, 1.82) is 0 Å². The molecule has 0 aromatic rings. The number of hydrogen-bond donors (Lipinski definition) is 0. The van der Waals surface area contributed by atoms with Crippen molar-refractivity contribution in [3.63, 3.8) is 0 Å². The molecule has 0 saturated heterocycles. The summed E-state index contributed by atoms with van der Waals surface area (Å²) in [7, 11) is 3.09. The van der Waals surface area contributed by atoms with E-state index in [-0.39, 0.29) is 23.8 Å². The van der Waals surface area contributed by atoms with Gasteiger partial charge in [-0.15, -0.1) is 0 Å². The molecule has 18 heavy (non-hydrogen) atoms. The Morgan fingerprint density at radius 2 is 2.00 bits per heavy atom. The molecule has 0 aromatic carbocycles. The van der Waals surface area contributed by atoms with E-state index < -0.39 is 5.41 Å². The van der Waals surface area contributed by atoms with Crippen LogP contribution in [0.15, 0.2) is 0 Å². The fourth-order valence-corrected chi connectivity index (χ4v) is 3.53. The van der Waals surface area contributed by atoms with E-state index in [2.05, 4.69) is 0 Å². The van der Waals surface area contributed by atoms with Crippen molar-refractivity contribution in [1.82, 2.24) is 0 Å². The van der Waals surface area contributed by atoms with Gasteiger partial charge in [0.1, 0.15) is 5.41 Å². The van der Waals surface area contributed by atoms with Gasteiger partial charge in [-0.05, 0) is 44.9 Å². The number of methoxy groups -OCH3 is 2. The summed E-state index contributed by atoms with van der Waals surface area (Å²) < 4.78 is 10.2. The Bertz CT molecular complexity index is 352. The van der Waals surface area contributed by atoms with Crippen LogP contribution in [-0.4, -0.2) is 32.1 Å². The zero-order valence-corrected chi connectivity index (χ0v) is 11.4. The maximum Gasteiger partial charge on any atom is 0.319 e. The highest BCUT2D eigenvalue weighted by molar-refractivity contribution is 6.05. The highest BCUT2D eigenvalue weighted by Gasteiger charge is 2.52. The molecule has 102 valence electrons. The van der Waals surface area contributed by atoms with Crippen LogP contribution in [0.4, 0.5) is 0 Å². The molecule has 0 radical (unpaired) electrons. The lowest BCUT2D eigenvalue weighted by atomic mass is 9.60. The van der Waals surface area contributed by atoms with Gasteiger partial charge in [-0.3, -0.25) is 9.59 Å². The first kappa shape index (κ1) is 13.5. The van der Waals surface area contributed by atoms with E-state index in [1.807, 2.05) is 0 Å². The molecule has 4 atom stereocenters. The van der Waals surface area contributed by atoms with Gasteiger partial charge >= 0.3 is 5.97 Å². The molecule has 4 heteroatoms. The largest absolute Gasteiger partial charge is 0.468 e. The molecule has 0 aromatic heterocycles. The lowest BCUT2D eigenvalue weighted by molar-refractivity contribution is -0.163. The number of rotatable bonds is 2. The fraction of sp³-hybridized carbons (Fsp3) is 0.857. The third kappa shape index (κ3) is 2.07. The molecular formula is C14H22O4. The predicted molar refractivity (Wildman–Crippen MR) is 66.0 cm³/mol. The lowest BCUT2D eigenvalue weighted by Gasteiger charge is -2.43. The SMILES string of the molecule is COC(=O)[C@@]1(C)CCC2CC(OC)CCC2C1=O. The van der Waals surface area contributed by atoms with Crippen LogP contribution in [-0.2, 0) is 19.1 Å². The monoisotopic (exact) mass is 254 g/mol. The van der Waals surface area contributed by atoms with Crippen molar-refractivity contribution in [3.8, 4) is 0 Å². The number of esters is 1. The van der Waals surface area contributed by atoms with Crippen molar-refractivity contribution in [3.05, 3.63) is 0 Å². The number of ketones is 1. The van der Waals surface area contributed by atoms with Gasteiger partial charge in [-0.1, -0.05) is 0 Å². The molecule has 0 spiro atoms. The van der Waals surface area contributed by atoms with Crippen molar-refractivity contribution in [2.75, 3.05) is 14.2 Å². The minimum atomic E-state index is -0.921. The second-order valence-electron chi connectivity index (χ2n) is 5.76. The Labute approximate surface area is 108 Å². The van der Waals surface area contributed by atoms with E-state index in [1.54, 1.807) is 14.0 Å². The standard InChI is InChI=1S/C14H22O4/c1-14(13(16)18-3)7-6-9-8-10(17-2)4-5-11(9)12(14)15/h9-11H,4-8H2,1-3H3/t9?,10?,11?,14-/m0/s1. The minimum Gasteiger partial charge on any atom is -0.468 e. The third-order valence-electron chi connectivity index (χ3n) is 4.80. The van der Waals surface area contributed by atoms with Crippen molar-refractivity contribution >= 4 is 11.8 Å². The van der Waals surface area contributed by atoms with Crippen LogP contribution < -0.4 is 0 Å². The van der Waals surface area contributed by atoms with E-state index in [1.165, 1.54) is 7.11 Å². The van der Waals surface area contributed by atoms with Crippen molar-refractivity contribution < 1.29 is 19.1 Å². The second kappa shape index (κ2) is 5.00. The topological polar surface area (TPSA) is 52.6 Å². The minimum absolute atomic E-state index is 0.0225. The highest BCUT2D eigenvalue weighted by Crippen LogP contribution is 2.46. The van der Waals surface area contributed by atoms with Crippen LogP contribution in [0.3, 0.4) is 0 Å². The first-order valence-corrected chi connectivity index (χ1v) is 6.68. The molecule has 4 nitrogen and oxygen atoms in total. The summed E-state index contributed by atoms with van der Waals surface area (Å²) in [6, 6.07) is 0. The quantitative estimate of drug-likeness (QED) is 0.558. The Balaban J connectivity index is 2.13. The summed E-state index contributed by atoms with van der Waals surface area (Å²) in [5.41, 5.74) is -0.921. The molecule has 2 rings (SSSR count). The first-order chi connectivity index (χ1) is 8.52. The summed E-state index contributed by atoms with van der Waals surface area (Å²) in [5.74, 6) is 0.114. The molecule has 0 heterocycles. The zero-order valence-electron chi connectivity index (χ0n) is 11.4. The van der Waals surface area contributed by atoms with Gasteiger partial charge in [0.15, 0.2) is 5.78 Å². The van der Waals surface area contributed by atoms with Crippen molar-refractivity contribution in [2.24, 2.45) is 17.3 Å². The van der Waals surface area contributed by atoms with E-state index in [0.717, 1.165) is 25.7 Å². The highest BCUT2D eigenvalue weighted by atomic mass is 16.5. The molecule has 2 aliphatic carbocycles. The van der Waals surface area contributed by atoms with E-state index in [0.29, 0.717) is 12.3 Å². The third-order valence-corrected chi connectivity index (χ3v) is 4.80. The first-order valence-electron chi connectivity index (χ1n) is 6.68. The van der Waals surface area contributed by atoms with Crippen LogP contribution in [0.2, 0.25) is 0 Å². The Kier molecular flexibility index (Phi) is 3.76. The smallest absolute Gasteiger partial charge is 0.319 e. The van der Waals surface area contributed by atoms with Crippen LogP contribution in [0.25, 0.3) is 0 Å². The normalized spacial score (nSPS) is 40.2. The van der Waals surface area contributed by atoms with Gasteiger partial charge < -0.3 is 9.47 Å². The molecule has 0 bridgehead atoms. The Morgan fingerprint density at radius 3 is 2.61 bits per heavy atom. The average Bonchev–Trinajstić information content (AvgIpc) is 2.41. The van der Waals surface area contributed by atoms with E-state index in [4.69, 9.17) is 9.47 Å². The zero-order chi connectivity index (χ0) is 13.3. The Hall–Kier alpha value is -0.900. The molecule has 2 fully saturated rings. The number of Topliss-reactive ketones (excluding diaryl/α,β-unsaturated/α-hetero) is 1. The summed E-state index contributed by atoms with van der Waals surface area (Å²) in [4.78, 5) is 24.4. The van der Waals surface area contributed by atoms with Gasteiger partial charge in [0, 0.05) is 13.0 Å². The lowest BCUT2D eigenvalue weighted by Crippen LogP contribution is -2.49. The molecule has 0 aliphatic heterocycles. The van der Waals surface area contributed by atoms with E-state index >= 15 is 0 Å². The predicted octanol–water partition coefficient (Wildman–Crippen LogP) is 1.96. The molecule has 0 amide bonds. The van der Waals surface area contributed by atoms with Gasteiger partial charge in [0.25, 0.3) is 0 Å². The summed E-state index contributed by atoms with van der Waals surface area (Å²) in [6.07, 6.45) is 4.51. The van der Waals surface area contributed by atoms with Crippen molar-refractivity contribution in [2.45, 2.75) is 45.1 Å². The molecule has 2 saturated carbocycles. The Morgan fingerprint density at radius 1 is 1.28 bits per heavy atom. The second-order valence-corrected chi connectivity index (χ2v) is 5.76. The molecule has 2 aliphatic rings. The van der Waals surface area contributed by atoms with Crippen LogP contribution in [0.5, 0.6) is 0 Å². The average molecular weight is 254 g/mol. The number of carbonyl (C=O) groups is 2. The maximum atomic E-state index is 12.5. The van der Waals surface area contributed by atoms with Crippen LogP contribution in [0, 0.1) is 17.3 Å². The number of fused-ring (bicyclic) bond motifs is 1. The van der Waals surface area contributed by atoms with Gasteiger partial charge in [-0.2, -0.15) is 0 Å².